The van der Waals surface area contributed by atoms with E-state index in [0.29, 0.717) is 10.5 Å². The highest BCUT2D eigenvalue weighted by Gasteiger charge is 2.05. The molecule has 0 unspecified atom stereocenters. The maximum atomic E-state index is 13.2. The van der Waals surface area contributed by atoms with Crippen LogP contribution in [0.2, 0.25) is 0 Å². The van der Waals surface area contributed by atoms with E-state index in [9.17, 15) is 14.0 Å². The minimum atomic E-state index is -1.24. The summed E-state index contributed by atoms with van der Waals surface area (Å²) in [7, 11) is 0. The second-order valence-electron chi connectivity index (χ2n) is 2.78. The minimum Gasteiger partial charge on any atom is -0.478 e. The lowest BCUT2D eigenvalue weighted by Crippen LogP contribution is -2.09. The van der Waals surface area contributed by atoms with Crippen molar-refractivity contribution in [3.05, 3.63) is 40.6 Å². The first kappa shape index (κ1) is 12.4. The molecule has 0 bridgehead atoms. The summed E-state index contributed by atoms with van der Waals surface area (Å²) in [5.41, 5.74) is -0.0109. The number of benzene rings is 1. The van der Waals surface area contributed by atoms with Crippen molar-refractivity contribution in [2.45, 2.75) is 0 Å². The lowest BCUT2D eigenvalue weighted by molar-refractivity contribution is -0.131. The van der Waals surface area contributed by atoms with Crippen LogP contribution < -0.4 is 5.32 Å². The molecule has 6 heteroatoms. The third-order valence-electron chi connectivity index (χ3n) is 1.57. The summed E-state index contributed by atoms with van der Waals surface area (Å²) in [6.07, 6.45) is 1.48. The Bertz CT molecular complexity index is 459. The van der Waals surface area contributed by atoms with Crippen LogP contribution in [-0.2, 0) is 9.59 Å². The summed E-state index contributed by atoms with van der Waals surface area (Å²) in [4.78, 5) is 21.2. The number of carbonyl (C=O) groups is 2. The topological polar surface area (TPSA) is 66.4 Å². The monoisotopic (exact) mass is 287 g/mol. The van der Waals surface area contributed by atoms with Crippen LogP contribution in [-0.4, -0.2) is 17.0 Å². The van der Waals surface area contributed by atoms with Gasteiger partial charge in [-0.05, 0) is 18.2 Å². The standard InChI is InChI=1S/C10H7BrFNO3/c11-6-1-2-8(7(12)5-6)13-9(14)3-4-10(15)16/h1-5H,(H,13,14)(H,15,16). The Kier molecular flexibility index (Phi) is 4.19. The fourth-order valence-electron chi connectivity index (χ4n) is 0.912. The zero-order chi connectivity index (χ0) is 12.1. The first-order valence-electron chi connectivity index (χ1n) is 4.16. The zero-order valence-electron chi connectivity index (χ0n) is 7.91. The quantitative estimate of drug-likeness (QED) is 0.838. The Balaban J connectivity index is 2.73. The van der Waals surface area contributed by atoms with Gasteiger partial charge >= 0.3 is 5.97 Å². The van der Waals surface area contributed by atoms with Crippen molar-refractivity contribution in [2.24, 2.45) is 0 Å². The van der Waals surface area contributed by atoms with Gasteiger partial charge in [-0.3, -0.25) is 4.79 Å². The highest BCUT2D eigenvalue weighted by molar-refractivity contribution is 9.10. The summed E-state index contributed by atoms with van der Waals surface area (Å²) >= 11 is 3.07. The van der Waals surface area contributed by atoms with Gasteiger partial charge in [0.2, 0.25) is 5.91 Å². The van der Waals surface area contributed by atoms with Crippen molar-refractivity contribution < 1.29 is 19.1 Å². The molecule has 84 valence electrons. The van der Waals surface area contributed by atoms with Gasteiger partial charge in [-0.2, -0.15) is 0 Å². The molecule has 2 N–H and O–H groups in total. The molecule has 1 rings (SSSR count). The highest BCUT2D eigenvalue weighted by atomic mass is 79.9. The first-order valence-corrected chi connectivity index (χ1v) is 4.95. The number of halogens is 2. The van der Waals surface area contributed by atoms with E-state index in [1.165, 1.54) is 12.1 Å². The van der Waals surface area contributed by atoms with E-state index < -0.39 is 17.7 Å². The van der Waals surface area contributed by atoms with Gasteiger partial charge in [0.15, 0.2) is 0 Å². The Labute approximate surface area is 98.9 Å². The van der Waals surface area contributed by atoms with Crippen molar-refractivity contribution in [1.29, 1.82) is 0 Å². The minimum absolute atomic E-state index is 0.0109. The molecule has 0 saturated carbocycles. The van der Waals surface area contributed by atoms with Crippen LogP contribution in [0.25, 0.3) is 0 Å². The SMILES string of the molecule is O=C(O)C=CC(=O)Nc1ccc(Br)cc1F. The van der Waals surface area contributed by atoms with Gasteiger partial charge in [0, 0.05) is 16.6 Å². The molecule has 0 heterocycles. The summed E-state index contributed by atoms with van der Waals surface area (Å²) in [6.45, 7) is 0. The van der Waals surface area contributed by atoms with Crippen LogP contribution in [0.5, 0.6) is 0 Å². The summed E-state index contributed by atoms with van der Waals surface area (Å²) in [5, 5.41) is 10.5. The fraction of sp³-hybridized carbons (Fsp3) is 0. The lowest BCUT2D eigenvalue weighted by Gasteiger charge is -2.03. The van der Waals surface area contributed by atoms with Crippen LogP contribution in [0.3, 0.4) is 0 Å². The van der Waals surface area contributed by atoms with Crippen LogP contribution in [0.15, 0.2) is 34.8 Å². The number of carboxylic acids is 1. The molecule has 0 fully saturated rings. The predicted molar refractivity (Wildman–Crippen MR) is 59.5 cm³/mol. The first-order chi connectivity index (χ1) is 7.49. The Morgan fingerprint density at radius 1 is 1.38 bits per heavy atom. The maximum absolute atomic E-state index is 13.2. The Morgan fingerprint density at radius 2 is 2.06 bits per heavy atom. The second-order valence-corrected chi connectivity index (χ2v) is 3.70. The van der Waals surface area contributed by atoms with Crippen LogP contribution >= 0.6 is 15.9 Å². The average molecular weight is 288 g/mol. The molecule has 0 spiro atoms. The van der Waals surface area contributed by atoms with Gasteiger partial charge in [0.05, 0.1) is 5.69 Å². The molecule has 0 saturated heterocycles. The number of rotatable bonds is 3. The molecule has 1 amide bonds. The molecule has 0 atom stereocenters. The smallest absolute Gasteiger partial charge is 0.328 e. The number of hydrogen-bond donors (Lipinski definition) is 2. The van der Waals surface area contributed by atoms with E-state index in [0.717, 1.165) is 6.08 Å². The highest BCUT2D eigenvalue weighted by Crippen LogP contribution is 2.19. The van der Waals surface area contributed by atoms with Crippen LogP contribution in [0.1, 0.15) is 0 Å². The largest absolute Gasteiger partial charge is 0.478 e. The number of amides is 1. The van der Waals surface area contributed by atoms with E-state index in [1.807, 2.05) is 0 Å². The van der Waals surface area contributed by atoms with Gasteiger partial charge < -0.3 is 10.4 Å². The molecule has 0 aliphatic carbocycles. The summed E-state index contributed by atoms with van der Waals surface area (Å²) in [6, 6.07) is 4.11. The molecule has 1 aromatic carbocycles. The van der Waals surface area contributed by atoms with E-state index in [4.69, 9.17) is 5.11 Å². The van der Waals surface area contributed by atoms with Gasteiger partial charge in [0.1, 0.15) is 5.82 Å². The number of carbonyl (C=O) groups excluding carboxylic acids is 1. The number of carboxylic acid groups (broad SMARTS) is 1. The molecule has 16 heavy (non-hydrogen) atoms. The van der Waals surface area contributed by atoms with E-state index >= 15 is 0 Å². The Hall–Kier alpha value is -1.69. The fourth-order valence-corrected chi connectivity index (χ4v) is 1.25. The van der Waals surface area contributed by atoms with Crippen molar-refractivity contribution in [1.82, 2.24) is 0 Å². The summed E-state index contributed by atoms with van der Waals surface area (Å²) in [5.74, 6) is -2.55. The normalized spacial score (nSPS) is 10.4. The summed E-state index contributed by atoms with van der Waals surface area (Å²) < 4.78 is 13.8. The van der Waals surface area contributed by atoms with Crippen LogP contribution in [0.4, 0.5) is 10.1 Å². The molecule has 4 nitrogen and oxygen atoms in total. The van der Waals surface area contributed by atoms with Crippen molar-refractivity contribution in [3.63, 3.8) is 0 Å². The van der Waals surface area contributed by atoms with Crippen molar-refractivity contribution in [3.8, 4) is 0 Å². The van der Waals surface area contributed by atoms with Crippen molar-refractivity contribution >= 4 is 33.5 Å². The molecule has 1 aromatic rings. The van der Waals surface area contributed by atoms with Gasteiger partial charge in [-0.1, -0.05) is 15.9 Å². The average Bonchev–Trinajstić information content (AvgIpc) is 2.19. The third-order valence-corrected chi connectivity index (χ3v) is 2.06. The third kappa shape index (κ3) is 3.82. The van der Waals surface area contributed by atoms with Gasteiger partial charge in [0.25, 0.3) is 0 Å². The number of nitrogens with one attached hydrogen (secondary N) is 1. The number of hydrogen-bond acceptors (Lipinski definition) is 2. The Morgan fingerprint density at radius 3 is 2.62 bits per heavy atom. The number of anilines is 1. The van der Waals surface area contributed by atoms with Gasteiger partial charge in [-0.15, -0.1) is 0 Å². The zero-order valence-corrected chi connectivity index (χ0v) is 9.49. The number of aliphatic carboxylic acids is 1. The molecule has 0 radical (unpaired) electrons. The molecular weight excluding hydrogens is 281 g/mol. The molecule has 0 aromatic heterocycles. The van der Waals surface area contributed by atoms with E-state index in [-0.39, 0.29) is 5.69 Å². The molecule has 0 aliphatic rings. The predicted octanol–water partition coefficient (Wildman–Crippen LogP) is 2.17. The van der Waals surface area contributed by atoms with E-state index in [2.05, 4.69) is 21.2 Å². The van der Waals surface area contributed by atoms with Crippen LogP contribution in [0, 0.1) is 5.82 Å². The lowest BCUT2D eigenvalue weighted by atomic mass is 10.3. The van der Waals surface area contributed by atoms with Crippen molar-refractivity contribution in [2.75, 3.05) is 5.32 Å². The van der Waals surface area contributed by atoms with E-state index in [1.54, 1.807) is 6.07 Å². The second kappa shape index (κ2) is 5.41. The van der Waals surface area contributed by atoms with Gasteiger partial charge in [-0.25, -0.2) is 9.18 Å². The maximum Gasteiger partial charge on any atom is 0.328 e. The molecular formula is C10H7BrFNO3. The molecule has 0 aliphatic heterocycles.